The number of hydrogen-bond acceptors (Lipinski definition) is 4. The molecule has 146 valence electrons. The van der Waals surface area contributed by atoms with Crippen molar-refractivity contribution in [2.24, 2.45) is 10.9 Å². The van der Waals surface area contributed by atoms with Crippen LogP contribution in [-0.2, 0) is 17.8 Å². The third kappa shape index (κ3) is 5.93. The minimum Gasteiger partial charge on any atom is -0.450 e. The number of aromatic nitrogens is 2. The van der Waals surface area contributed by atoms with Crippen LogP contribution in [0, 0.1) is 5.92 Å². The lowest BCUT2D eigenvalue weighted by molar-refractivity contribution is 0.0963. The van der Waals surface area contributed by atoms with E-state index in [4.69, 9.17) is 4.74 Å². The standard InChI is InChI=1S/C18H32N6O2/c1-5-26-18(25)23-9-6-15(7-10-23)22-17(19-4)21-12-16-20-8-11-24(16)13-14(2)3/h8,11,14-15H,5-7,9-10,12-13H2,1-4H3,(H2,19,21,22). The summed E-state index contributed by atoms with van der Waals surface area (Å²) in [5.41, 5.74) is 0. The summed E-state index contributed by atoms with van der Waals surface area (Å²) in [4.78, 5) is 22.3. The average molecular weight is 364 g/mol. The molecular formula is C18H32N6O2. The van der Waals surface area contributed by atoms with E-state index in [2.05, 4.69) is 39.0 Å². The Labute approximate surface area is 156 Å². The van der Waals surface area contributed by atoms with Crippen molar-refractivity contribution in [2.75, 3.05) is 26.7 Å². The van der Waals surface area contributed by atoms with Crippen molar-refractivity contribution in [1.29, 1.82) is 0 Å². The Morgan fingerprint density at radius 1 is 1.42 bits per heavy atom. The third-order valence-electron chi connectivity index (χ3n) is 4.36. The number of imidazole rings is 1. The molecule has 2 heterocycles. The van der Waals surface area contributed by atoms with E-state index in [9.17, 15) is 4.79 Å². The van der Waals surface area contributed by atoms with Gasteiger partial charge in [0.2, 0.25) is 0 Å². The van der Waals surface area contributed by atoms with Gasteiger partial charge in [0.25, 0.3) is 0 Å². The highest BCUT2D eigenvalue weighted by atomic mass is 16.6. The highest BCUT2D eigenvalue weighted by Gasteiger charge is 2.24. The van der Waals surface area contributed by atoms with E-state index in [0.29, 0.717) is 38.2 Å². The van der Waals surface area contributed by atoms with Crippen molar-refractivity contribution < 1.29 is 9.53 Å². The monoisotopic (exact) mass is 364 g/mol. The van der Waals surface area contributed by atoms with Gasteiger partial charge in [-0.1, -0.05) is 13.8 Å². The molecule has 8 heteroatoms. The van der Waals surface area contributed by atoms with Gasteiger partial charge in [0.1, 0.15) is 5.82 Å². The summed E-state index contributed by atoms with van der Waals surface area (Å²) in [6, 6.07) is 0.294. The van der Waals surface area contributed by atoms with Gasteiger partial charge in [0.15, 0.2) is 5.96 Å². The minimum absolute atomic E-state index is 0.217. The van der Waals surface area contributed by atoms with E-state index in [-0.39, 0.29) is 6.09 Å². The molecule has 26 heavy (non-hydrogen) atoms. The van der Waals surface area contributed by atoms with Crippen LogP contribution in [-0.4, -0.2) is 59.3 Å². The fourth-order valence-electron chi connectivity index (χ4n) is 3.04. The van der Waals surface area contributed by atoms with Crippen LogP contribution in [0.15, 0.2) is 17.4 Å². The second-order valence-corrected chi connectivity index (χ2v) is 6.92. The lowest BCUT2D eigenvalue weighted by Crippen LogP contribution is -2.49. The fraction of sp³-hybridized carbons (Fsp3) is 0.722. The second kappa shape index (κ2) is 10.0. The number of carbonyl (C=O) groups is 1. The zero-order valence-electron chi connectivity index (χ0n) is 16.4. The maximum Gasteiger partial charge on any atom is 0.409 e. The smallest absolute Gasteiger partial charge is 0.409 e. The quantitative estimate of drug-likeness (QED) is 0.594. The zero-order valence-corrected chi connectivity index (χ0v) is 16.4. The first kappa shape index (κ1) is 20.1. The van der Waals surface area contributed by atoms with E-state index < -0.39 is 0 Å². The van der Waals surface area contributed by atoms with E-state index in [0.717, 1.165) is 31.2 Å². The number of guanidine groups is 1. The van der Waals surface area contributed by atoms with Crippen molar-refractivity contribution in [1.82, 2.24) is 25.1 Å². The number of nitrogens with zero attached hydrogens (tertiary/aromatic N) is 4. The van der Waals surface area contributed by atoms with Gasteiger partial charge in [0.05, 0.1) is 13.2 Å². The van der Waals surface area contributed by atoms with Crippen molar-refractivity contribution >= 4 is 12.1 Å². The largest absolute Gasteiger partial charge is 0.450 e. The van der Waals surface area contributed by atoms with E-state index in [1.807, 2.05) is 19.3 Å². The molecule has 1 aliphatic rings. The predicted molar refractivity (Wildman–Crippen MR) is 102 cm³/mol. The maximum atomic E-state index is 11.8. The molecular weight excluding hydrogens is 332 g/mol. The number of ether oxygens (including phenoxy) is 1. The summed E-state index contributed by atoms with van der Waals surface area (Å²) >= 11 is 0. The number of amides is 1. The van der Waals surface area contributed by atoms with Crippen LogP contribution in [0.1, 0.15) is 39.4 Å². The molecule has 2 N–H and O–H groups in total. The number of likely N-dealkylation sites (tertiary alicyclic amines) is 1. The van der Waals surface area contributed by atoms with E-state index in [1.54, 1.807) is 11.9 Å². The molecule has 0 spiro atoms. The number of aliphatic imine (C=N–C) groups is 1. The first-order chi connectivity index (χ1) is 12.5. The highest BCUT2D eigenvalue weighted by molar-refractivity contribution is 5.79. The van der Waals surface area contributed by atoms with Crippen molar-refractivity contribution in [3.05, 3.63) is 18.2 Å². The van der Waals surface area contributed by atoms with Crippen molar-refractivity contribution in [3.8, 4) is 0 Å². The van der Waals surface area contributed by atoms with Gasteiger partial charge in [-0.05, 0) is 25.7 Å². The van der Waals surface area contributed by atoms with Gasteiger partial charge in [0, 0.05) is 45.1 Å². The van der Waals surface area contributed by atoms with Gasteiger partial charge in [-0.25, -0.2) is 9.78 Å². The number of carbonyl (C=O) groups excluding carboxylic acids is 1. The molecule has 1 aromatic heterocycles. The molecule has 8 nitrogen and oxygen atoms in total. The molecule has 1 amide bonds. The summed E-state index contributed by atoms with van der Waals surface area (Å²) in [6.07, 6.45) is 5.38. The first-order valence-electron chi connectivity index (χ1n) is 9.42. The zero-order chi connectivity index (χ0) is 18.9. The van der Waals surface area contributed by atoms with Crippen molar-refractivity contribution in [2.45, 2.75) is 52.7 Å². The molecule has 0 saturated carbocycles. The summed E-state index contributed by atoms with van der Waals surface area (Å²) in [5.74, 6) is 2.34. The van der Waals surface area contributed by atoms with Gasteiger partial charge in [-0.3, -0.25) is 4.99 Å². The van der Waals surface area contributed by atoms with Gasteiger partial charge in [-0.15, -0.1) is 0 Å². The Hall–Kier alpha value is -2.25. The molecule has 0 atom stereocenters. The molecule has 1 fully saturated rings. The van der Waals surface area contributed by atoms with Gasteiger partial charge >= 0.3 is 6.09 Å². The Balaban J connectivity index is 1.78. The summed E-state index contributed by atoms with van der Waals surface area (Å²) in [5, 5.41) is 6.78. The molecule has 0 unspecified atom stereocenters. The van der Waals surface area contributed by atoms with Crippen LogP contribution in [0.2, 0.25) is 0 Å². The van der Waals surface area contributed by atoms with Crippen LogP contribution in [0.25, 0.3) is 0 Å². The first-order valence-corrected chi connectivity index (χ1v) is 9.42. The van der Waals surface area contributed by atoms with E-state index in [1.165, 1.54) is 0 Å². The van der Waals surface area contributed by atoms with Crippen LogP contribution in [0.5, 0.6) is 0 Å². The summed E-state index contributed by atoms with van der Waals surface area (Å²) in [7, 11) is 1.77. The Bertz CT molecular complexity index is 590. The molecule has 0 bridgehead atoms. The van der Waals surface area contributed by atoms with E-state index >= 15 is 0 Å². The molecule has 2 rings (SSSR count). The molecule has 1 saturated heterocycles. The lowest BCUT2D eigenvalue weighted by Gasteiger charge is -2.32. The van der Waals surface area contributed by atoms with Crippen LogP contribution in [0.3, 0.4) is 0 Å². The Morgan fingerprint density at radius 3 is 2.77 bits per heavy atom. The highest BCUT2D eigenvalue weighted by Crippen LogP contribution is 2.11. The number of rotatable bonds is 6. The number of hydrogen-bond donors (Lipinski definition) is 2. The third-order valence-corrected chi connectivity index (χ3v) is 4.36. The Kier molecular flexibility index (Phi) is 7.74. The normalized spacial score (nSPS) is 16.0. The van der Waals surface area contributed by atoms with Crippen LogP contribution in [0.4, 0.5) is 4.79 Å². The predicted octanol–water partition coefficient (Wildman–Crippen LogP) is 1.83. The Morgan fingerprint density at radius 2 is 2.15 bits per heavy atom. The molecule has 1 aromatic rings. The van der Waals surface area contributed by atoms with Crippen molar-refractivity contribution in [3.63, 3.8) is 0 Å². The average Bonchev–Trinajstić information content (AvgIpc) is 3.05. The SMILES string of the molecule is CCOC(=O)N1CCC(NC(=NC)NCc2nccn2CC(C)C)CC1. The number of nitrogens with one attached hydrogen (secondary N) is 2. The maximum absolute atomic E-state index is 11.8. The summed E-state index contributed by atoms with van der Waals surface area (Å²) < 4.78 is 7.23. The summed E-state index contributed by atoms with van der Waals surface area (Å²) in [6.45, 7) is 9.62. The topological polar surface area (TPSA) is 83.8 Å². The van der Waals surface area contributed by atoms with Crippen LogP contribution >= 0.6 is 0 Å². The number of piperidine rings is 1. The molecule has 1 aliphatic heterocycles. The van der Waals surface area contributed by atoms with Gasteiger partial charge < -0.3 is 24.8 Å². The molecule has 0 aromatic carbocycles. The fourth-order valence-corrected chi connectivity index (χ4v) is 3.04. The van der Waals surface area contributed by atoms with Crippen LogP contribution < -0.4 is 10.6 Å². The van der Waals surface area contributed by atoms with Gasteiger partial charge in [-0.2, -0.15) is 0 Å². The second-order valence-electron chi connectivity index (χ2n) is 6.92. The molecule has 0 radical (unpaired) electrons. The molecule has 0 aliphatic carbocycles. The minimum atomic E-state index is -0.217. The lowest BCUT2D eigenvalue weighted by atomic mass is 10.1.